The largest absolute Gasteiger partial charge is 0.482 e. The van der Waals surface area contributed by atoms with Crippen LogP contribution in [0.3, 0.4) is 0 Å². The standard InChI is InChI=1S/C8H9N3O/c1-12-7-3-2-6(9)8-10-4-5-11(7)8/h2-5H,9H2,1H3. The summed E-state index contributed by atoms with van der Waals surface area (Å²) in [4.78, 5) is 4.08. The molecule has 62 valence electrons. The topological polar surface area (TPSA) is 52.5 Å². The molecule has 2 N–H and O–H groups in total. The highest BCUT2D eigenvalue weighted by molar-refractivity contribution is 5.65. The van der Waals surface area contributed by atoms with Crippen LogP contribution in [-0.2, 0) is 0 Å². The molecule has 0 amide bonds. The molecule has 0 atom stereocenters. The summed E-state index contributed by atoms with van der Waals surface area (Å²) in [5, 5.41) is 0. The average Bonchev–Trinajstić information content (AvgIpc) is 2.54. The van der Waals surface area contributed by atoms with Crippen LogP contribution in [0, 0.1) is 0 Å². The van der Waals surface area contributed by atoms with Crippen LogP contribution < -0.4 is 10.5 Å². The van der Waals surface area contributed by atoms with Crippen molar-refractivity contribution >= 4 is 11.3 Å². The average molecular weight is 163 g/mol. The second-order valence-corrected chi connectivity index (χ2v) is 2.45. The van der Waals surface area contributed by atoms with E-state index in [1.54, 1.807) is 23.8 Å². The Bertz CT molecular complexity index is 408. The van der Waals surface area contributed by atoms with E-state index >= 15 is 0 Å². The first kappa shape index (κ1) is 6.97. The number of anilines is 1. The molecule has 0 aromatic carbocycles. The van der Waals surface area contributed by atoms with E-state index in [2.05, 4.69) is 4.98 Å². The normalized spacial score (nSPS) is 10.4. The maximum atomic E-state index is 5.69. The van der Waals surface area contributed by atoms with E-state index in [1.807, 2.05) is 12.3 Å². The SMILES string of the molecule is COc1ccc(N)c2nccn12. The van der Waals surface area contributed by atoms with Crippen molar-refractivity contribution < 1.29 is 4.74 Å². The summed E-state index contributed by atoms with van der Waals surface area (Å²) in [6.07, 6.45) is 3.50. The summed E-state index contributed by atoms with van der Waals surface area (Å²) in [6, 6.07) is 3.59. The molecular formula is C8H9N3O. The Morgan fingerprint density at radius 1 is 1.50 bits per heavy atom. The van der Waals surface area contributed by atoms with Crippen molar-refractivity contribution in [2.75, 3.05) is 12.8 Å². The quantitative estimate of drug-likeness (QED) is 0.680. The van der Waals surface area contributed by atoms with Crippen LogP contribution in [0.15, 0.2) is 24.5 Å². The third kappa shape index (κ3) is 0.812. The molecule has 0 saturated carbocycles. The molecule has 0 aliphatic carbocycles. The van der Waals surface area contributed by atoms with Gasteiger partial charge in [-0.15, -0.1) is 0 Å². The summed E-state index contributed by atoms with van der Waals surface area (Å²) in [6.45, 7) is 0. The lowest BCUT2D eigenvalue weighted by Gasteiger charge is -2.04. The monoisotopic (exact) mass is 163 g/mol. The van der Waals surface area contributed by atoms with Gasteiger partial charge >= 0.3 is 0 Å². The van der Waals surface area contributed by atoms with E-state index < -0.39 is 0 Å². The zero-order valence-electron chi connectivity index (χ0n) is 6.69. The van der Waals surface area contributed by atoms with Crippen LogP contribution in [0.4, 0.5) is 5.69 Å². The van der Waals surface area contributed by atoms with Gasteiger partial charge in [0.2, 0.25) is 0 Å². The lowest BCUT2D eigenvalue weighted by molar-refractivity contribution is 0.392. The Morgan fingerprint density at radius 3 is 3.08 bits per heavy atom. The predicted molar refractivity (Wildman–Crippen MR) is 46.2 cm³/mol. The molecule has 12 heavy (non-hydrogen) atoms. The molecule has 0 aliphatic rings. The Labute approximate surface area is 69.6 Å². The van der Waals surface area contributed by atoms with Gasteiger partial charge in [-0.3, -0.25) is 4.40 Å². The van der Waals surface area contributed by atoms with Gasteiger partial charge in [-0.25, -0.2) is 4.98 Å². The summed E-state index contributed by atoms with van der Waals surface area (Å²) in [5.41, 5.74) is 7.07. The molecule has 0 spiro atoms. The minimum absolute atomic E-state index is 0.654. The number of nitrogens with two attached hydrogens (primary N) is 1. The number of aromatic nitrogens is 2. The number of hydrogen-bond donors (Lipinski definition) is 1. The fraction of sp³-hybridized carbons (Fsp3) is 0.125. The fourth-order valence-electron chi connectivity index (χ4n) is 1.18. The van der Waals surface area contributed by atoms with Gasteiger partial charge < -0.3 is 10.5 Å². The number of methoxy groups -OCH3 is 1. The number of rotatable bonds is 1. The Kier molecular flexibility index (Phi) is 1.40. The van der Waals surface area contributed by atoms with Crippen molar-refractivity contribution in [1.82, 2.24) is 9.38 Å². The van der Waals surface area contributed by atoms with E-state index in [0.29, 0.717) is 5.69 Å². The van der Waals surface area contributed by atoms with Gasteiger partial charge in [-0.05, 0) is 6.07 Å². The maximum Gasteiger partial charge on any atom is 0.199 e. The Balaban J connectivity index is 2.82. The first-order valence-corrected chi connectivity index (χ1v) is 3.58. The number of nitrogen functional groups attached to an aromatic ring is 1. The van der Waals surface area contributed by atoms with Crippen molar-refractivity contribution in [1.29, 1.82) is 0 Å². The molecule has 4 heteroatoms. The summed E-state index contributed by atoms with van der Waals surface area (Å²) in [7, 11) is 1.62. The van der Waals surface area contributed by atoms with Crippen molar-refractivity contribution in [3.63, 3.8) is 0 Å². The maximum absolute atomic E-state index is 5.69. The van der Waals surface area contributed by atoms with E-state index in [0.717, 1.165) is 11.5 Å². The number of pyridine rings is 1. The third-order valence-electron chi connectivity index (χ3n) is 1.75. The van der Waals surface area contributed by atoms with Crippen molar-refractivity contribution in [2.24, 2.45) is 0 Å². The highest BCUT2D eigenvalue weighted by Gasteiger charge is 2.02. The predicted octanol–water partition coefficient (Wildman–Crippen LogP) is 0.925. The van der Waals surface area contributed by atoms with Gasteiger partial charge in [0.1, 0.15) is 0 Å². The summed E-state index contributed by atoms with van der Waals surface area (Å²) >= 11 is 0. The molecule has 2 heterocycles. The van der Waals surface area contributed by atoms with Crippen molar-refractivity contribution in [3.05, 3.63) is 24.5 Å². The third-order valence-corrected chi connectivity index (χ3v) is 1.75. The van der Waals surface area contributed by atoms with E-state index in [1.165, 1.54) is 0 Å². The van der Waals surface area contributed by atoms with Gasteiger partial charge in [-0.2, -0.15) is 0 Å². The molecule has 0 aliphatic heterocycles. The first-order chi connectivity index (χ1) is 5.83. The van der Waals surface area contributed by atoms with Crippen LogP contribution in [0.5, 0.6) is 5.88 Å². The summed E-state index contributed by atoms with van der Waals surface area (Å²) < 4.78 is 6.91. The molecule has 0 bridgehead atoms. The van der Waals surface area contributed by atoms with Gasteiger partial charge in [0.25, 0.3) is 0 Å². The minimum Gasteiger partial charge on any atom is -0.482 e. The zero-order valence-corrected chi connectivity index (χ0v) is 6.69. The smallest absolute Gasteiger partial charge is 0.199 e. The molecule has 0 unspecified atom stereocenters. The first-order valence-electron chi connectivity index (χ1n) is 3.58. The van der Waals surface area contributed by atoms with Crippen LogP contribution in [0.1, 0.15) is 0 Å². The van der Waals surface area contributed by atoms with Gasteiger partial charge in [0.05, 0.1) is 12.8 Å². The molecule has 0 fully saturated rings. The second-order valence-electron chi connectivity index (χ2n) is 2.45. The molecule has 2 aromatic heterocycles. The van der Waals surface area contributed by atoms with E-state index in [4.69, 9.17) is 10.5 Å². The number of ether oxygens (including phenoxy) is 1. The molecule has 0 saturated heterocycles. The highest BCUT2D eigenvalue weighted by Crippen LogP contribution is 2.18. The number of fused-ring (bicyclic) bond motifs is 1. The second kappa shape index (κ2) is 2.41. The molecule has 2 aromatic rings. The van der Waals surface area contributed by atoms with E-state index in [9.17, 15) is 0 Å². The highest BCUT2D eigenvalue weighted by atomic mass is 16.5. The minimum atomic E-state index is 0.654. The van der Waals surface area contributed by atoms with Crippen LogP contribution in [0.25, 0.3) is 5.65 Å². The lowest BCUT2D eigenvalue weighted by atomic mass is 10.4. The fourth-order valence-corrected chi connectivity index (χ4v) is 1.18. The van der Waals surface area contributed by atoms with E-state index in [-0.39, 0.29) is 0 Å². The van der Waals surface area contributed by atoms with Crippen LogP contribution >= 0.6 is 0 Å². The van der Waals surface area contributed by atoms with Gasteiger partial charge in [-0.1, -0.05) is 0 Å². The molecule has 4 nitrogen and oxygen atoms in total. The number of hydrogen-bond acceptors (Lipinski definition) is 3. The number of nitrogens with zero attached hydrogens (tertiary/aromatic N) is 2. The lowest BCUT2D eigenvalue weighted by Crippen LogP contribution is -1.96. The summed E-state index contributed by atoms with van der Waals surface area (Å²) in [5.74, 6) is 0.733. The Morgan fingerprint density at radius 2 is 2.33 bits per heavy atom. The molecular weight excluding hydrogens is 154 g/mol. The van der Waals surface area contributed by atoms with Gasteiger partial charge in [0, 0.05) is 18.5 Å². The van der Waals surface area contributed by atoms with Crippen molar-refractivity contribution in [2.45, 2.75) is 0 Å². The zero-order chi connectivity index (χ0) is 8.55. The molecule has 0 radical (unpaired) electrons. The van der Waals surface area contributed by atoms with Crippen LogP contribution in [0.2, 0.25) is 0 Å². The van der Waals surface area contributed by atoms with Crippen LogP contribution in [-0.4, -0.2) is 16.5 Å². The van der Waals surface area contributed by atoms with Crippen molar-refractivity contribution in [3.8, 4) is 5.88 Å². The Hall–Kier alpha value is -1.71. The van der Waals surface area contributed by atoms with Gasteiger partial charge in [0.15, 0.2) is 11.5 Å². The molecule has 2 rings (SSSR count). The number of imidazole rings is 1.